The third-order valence-corrected chi connectivity index (χ3v) is 4.69. The van der Waals surface area contributed by atoms with E-state index in [-0.39, 0.29) is 6.61 Å². The van der Waals surface area contributed by atoms with Gasteiger partial charge in [0, 0.05) is 23.4 Å². The second-order valence-corrected chi connectivity index (χ2v) is 6.83. The number of aromatic nitrogens is 2. The van der Waals surface area contributed by atoms with Crippen molar-refractivity contribution < 1.29 is 14.6 Å². The van der Waals surface area contributed by atoms with Crippen molar-refractivity contribution in [3.05, 3.63) is 90.5 Å². The van der Waals surface area contributed by atoms with Gasteiger partial charge in [0.05, 0.1) is 25.1 Å². The Labute approximate surface area is 179 Å². The molecule has 0 aliphatic carbocycles. The van der Waals surface area contributed by atoms with Gasteiger partial charge in [-0.25, -0.2) is 9.48 Å². The third-order valence-electron chi connectivity index (χ3n) is 4.69. The number of anilines is 2. The van der Waals surface area contributed by atoms with Gasteiger partial charge in [-0.1, -0.05) is 48.5 Å². The van der Waals surface area contributed by atoms with Gasteiger partial charge in [0.15, 0.2) is 0 Å². The van der Waals surface area contributed by atoms with Crippen molar-refractivity contribution in [3.63, 3.8) is 0 Å². The van der Waals surface area contributed by atoms with Crippen molar-refractivity contribution in [1.29, 1.82) is 0 Å². The van der Waals surface area contributed by atoms with E-state index in [0.29, 0.717) is 22.9 Å². The number of aliphatic hydroxyl groups is 1. The number of nitrogens with zero attached hydrogens (tertiary/aromatic N) is 2. The second kappa shape index (κ2) is 9.15. The fourth-order valence-corrected chi connectivity index (χ4v) is 3.18. The summed E-state index contributed by atoms with van der Waals surface area (Å²) in [6.07, 6.45) is 0. The zero-order valence-corrected chi connectivity index (χ0v) is 16.9. The molecule has 0 saturated heterocycles. The average molecular weight is 414 g/mol. The molecule has 156 valence electrons. The molecule has 0 spiro atoms. The van der Waals surface area contributed by atoms with Crippen molar-refractivity contribution in [2.75, 3.05) is 17.7 Å². The molecule has 1 aromatic heterocycles. The first-order chi connectivity index (χ1) is 15.2. The number of benzene rings is 3. The van der Waals surface area contributed by atoms with Crippen LogP contribution in [0.2, 0.25) is 0 Å². The van der Waals surface area contributed by atoms with Crippen LogP contribution in [0, 0.1) is 0 Å². The molecule has 1 heterocycles. The summed E-state index contributed by atoms with van der Waals surface area (Å²) < 4.78 is 6.85. The van der Waals surface area contributed by atoms with Gasteiger partial charge < -0.3 is 15.2 Å². The zero-order valence-electron chi connectivity index (χ0n) is 16.9. The molecule has 0 fully saturated rings. The highest BCUT2D eigenvalue weighted by atomic mass is 16.5. The fourth-order valence-electron chi connectivity index (χ4n) is 3.18. The van der Waals surface area contributed by atoms with Crippen LogP contribution in [-0.4, -0.2) is 28.0 Å². The molecule has 2 amide bonds. The Kier molecular flexibility index (Phi) is 5.96. The Morgan fingerprint density at radius 2 is 1.77 bits per heavy atom. The first-order valence-corrected chi connectivity index (χ1v) is 9.74. The SMILES string of the molecule is COc1cccc(NC(=O)Nc2cc(-c3ccccc3)nn2-c2cccc(CO)c2)c1. The van der Waals surface area contributed by atoms with Crippen LogP contribution in [0.4, 0.5) is 16.3 Å². The molecule has 31 heavy (non-hydrogen) atoms. The van der Waals surface area contributed by atoms with Crippen molar-refractivity contribution in [2.45, 2.75) is 6.61 Å². The highest BCUT2D eigenvalue weighted by Crippen LogP contribution is 2.25. The fraction of sp³-hybridized carbons (Fsp3) is 0.0833. The van der Waals surface area contributed by atoms with Crippen LogP contribution in [0.15, 0.2) is 84.9 Å². The molecule has 3 N–H and O–H groups in total. The molecule has 0 saturated carbocycles. The number of nitrogens with one attached hydrogen (secondary N) is 2. The number of hydrogen-bond donors (Lipinski definition) is 3. The lowest BCUT2D eigenvalue weighted by molar-refractivity contribution is 0.262. The summed E-state index contributed by atoms with van der Waals surface area (Å²) in [5.41, 5.74) is 3.72. The molecule has 0 unspecified atom stereocenters. The number of carbonyl (C=O) groups excluding carboxylic acids is 1. The van der Waals surface area contributed by atoms with E-state index in [1.807, 2.05) is 60.7 Å². The van der Waals surface area contributed by atoms with E-state index < -0.39 is 6.03 Å². The molecule has 0 aliphatic heterocycles. The summed E-state index contributed by atoms with van der Waals surface area (Å²) in [5.74, 6) is 1.14. The van der Waals surface area contributed by atoms with Crippen LogP contribution in [0.25, 0.3) is 16.9 Å². The van der Waals surface area contributed by atoms with E-state index in [4.69, 9.17) is 4.74 Å². The van der Waals surface area contributed by atoms with Gasteiger partial charge in [-0.05, 0) is 29.8 Å². The predicted molar refractivity (Wildman–Crippen MR) is 121 cm³/mol. The number of amides is 2. The highest BCUT2D eigenvalue weighted by Gasteiger charge is 2.14. The summed E-state index contributed by atoms with van der Waals surface area (Å²) in [4.78, 5) is 12.7. The van der Waals surface area contributed by atoms with E-state index in [2.05, 4.69) is 15.7 Å². The molecule has 7 nitrogen and oxygen atoms in total. The van der Waals surface area contributed by atoms with Gasteiger partial charge in [-0.3, -0.25) is 5.32 Å². The first kappa shape index (κ1) is 20.2. The molecular formula is C24H22N4O3. The van der Waals surface area contributed by atoms with Gasteiger partial charge >= 0.3 is 6.03 Å². The van der Waals surface area contributed by atoms with Crippen LogP contribution < -0.4 is 15.4 Å². The van der Waals surface area contributed by atoms with Crippen LogP contribution in [-0.2, 0) is 6.61 Å². The minimum absolute atomic E-state index is 0.0836. The van der Waals surface area contributed by atoms with E-state index in [0.717, 1.165) is 16.8 Å². The van der Waals surface area contributed by atoms with Gasteiger partial charge in [0.1, 0.15) is 11.6 Å². The normalized spacial score (nSPS) is 10.5. The van der Waals surface area contributed by atoms with Crippen molar-refractivity contribution in [3.8, 4) is 22.7 Å². The maximum atomic E-state index is 12.7. The number of rotatable bonds is 6. The maximum Gasteiger partial charge on any atom is 0.324 e. The molecular weight excluding hydrogens is 392 g/mol. The van der Waals surface area contributed by atoms with Gasteiger partial charge in [-0.15, -0.1) is 0 Å². The minimum atomic E-state index is -0.410. The Morgan fingerprint density at radius 3 is 2.55 bits per heavy atom. The van der Waals surface area contributed by atoms with Crippen LogP contribution >= 0.6 is 0 Å². The van der Waals surface area contributed by atoms with Crippen LogP contribution in [0.1, 0.15) is 5.56 Å². The Balaban J connectivity index is 1.66. The molecule has 0 aliphatic rings. The quantitative estimate of drug-likeness (QED) is 0.427. The predicted octanol–water partition coefficient (Wildman–Crippen LogP) is 4.68. The Bertz CT molecular complexity index is 1190. The van der Waals surface area contributed by atoms with Crippen molar-refractivity contribution >= 4 is 17.5 Å². The minimum Gasteiger partial charge on any atom is -0.497 e. The number of carbonyl (C=O) groups is 1. The molecule has 0 radical (unpaired) electrons. The van der Waals surface area contributed by atoms with Gasteiger partial charge in [-0.2, -0.15) is 5.10 Å². The topological polar surface area (TPSA) is 88.4 Å². The molecule has 4 aromatic rings. The lowest BCUT2D eigenvalue weighted by Crippen LogP contribution is -2.21. The van der Waals surface area contributed by atoms with Crippen LogP contribution in [0.3, 0.4) is 0 Å². The summed E-state index contributed by atoms with van der Waals surface area (Å²) in [6, 6.07) is 25.6. The molecule has 4 rings (SSSR count). The number of hydrogen-bond acceptors (Lipinski definition) is 4. The van der Waals surface area contributed by atoms with E-state index in [1.165, 1.54) is 0 Å². The third kappa shape index (κ3) is 4.73. The van der Waals surface area contributed by atoms with Crippen molar-refractivity contribution in [2.24, 2.45) is 0 Å². The first-order valence-electron chi connectivity index (χ1n) is 9.74. The van der Waals surface area contributed by atoms with Crippen LogP contribution in [0.5, 0.6) is 5.75 Å². The van der Waals surface area contributed by atoms with E-state index in [9.17, 15) is 9.90 Å². The zero-order chi connectivity index (χ0) is 21.6. The standard InChI is InChI=1S/C24H22N4O3/c1-31-21-12-6-10-19(14-21)25-24(30)26-23-15-22(18-8-3-2-4-9-18)27-28(23)20-11-5-7-17(13-20)16-29/h2-15,29H,16H2,1H3,(H2,25,26,30). The number of ether oxygens (including phenoxy) is 1. The number of aliphatic hydroxyl groups excluding tert-OH is 1. The molecule has 7 heteroatoms. The largest absolute Gasteiger partial charge is 0.497 e. The molecule has 0 atom stereocenters. The van der Waals surface area contributed by atoms with E-state index >= 15 is 0 Å². The Morgan fingerprint density at radius 1 is 0.968 bits per heavy atom. The molecule has 0 bridgehead atoms. The maximum absolute atomic E-state index is 12.7. The second-order valence-electron chi connectivity index (χ2n) is 6.83. The van der Waals surface area contributed by atoms with Crippen molar-refractivity contribution in [1.82, 2.24) is 9.78 Å². The average Bonchev–Trinajstić information content (AvgIpc) is 3.23. The van der Waals surface area contributed by atoms with Gasteiger partial charge in [0.25, 0.3) is 0 Å². The summed E-state index contributed by atoms with van der Waals surface area (Å²) >= 11 is 0. The summed E-state index contributed by atoms with van der Waals surface area (Å²) in [5, 5.41) is 19.9. The summed E-state index contributed by atoms with van der Waals surface area (Å²) in [6.45, 7) is -0.0836. The molecule has 3 aromatic carbocycles. The smallest absolute Gasteiger partial charge is 0.324 e. The Hall–Kier alpha value is -4.10. The monoisotopic (exact) mass is 414 g/mol. The summed E-state index contributed by atoms with van der Waals surface area (Å²) in [7, 11) is 1.57. The highest BCUT2D eigenvalue weighted by molar-refractivity contribution is 5.99. The lowest BCUT2D eigenvalue weighted by atomic mass is 10.2. The van der Waals surface area contributed by atoms with E-state index in [1.54, 1.807) is 36.1 Å². The van der Waals surface area contributed by atoms with Gasteiger partial charge in [0.2, 0.25) is 0 Å². The number of methoxy groups -OCH3 is 1. The number of urea groups is 1. The lowest BCUT2D eigenvalue weighted by Gasteiger charge is -2.11.